The minimum absolute atomic E-state index is 0.339. The second-order valence-corrected chi connectivity index (χ2v) is 9.12. The molecule has 4 rings (SSSR count). The third-order valence-corrected chi connectivity index (χ3v) is 7.05. The van der Waals surface area contributed by atoms with Crippen molar-refractivity contribution in [2.75, 3.05) is 0 Å². The van der Waals surface area contributed by atoms with Crippen molar-refractivity contribution in [1.82, 2.24) is 0 Å². The molecule has 0 fully saturated rings. The van der Waals surface area contributed by atoms with Crippen molar-refractivity contribution in [1.29, 1.82) is 0 Å². The van der Waals surface area contributed by atoms with Crippen molar-refractivity contribution in [2.45, 2.75) is 65.2 Å². The van der Waals surface area contributed by atoms with Gasteiger partial charge in [0, 0.05) is 0 Å². The van der Waals surface area contributed by atoms with Gasteiger partial charge in [0.2, 0.25) is 0 Å². The topological polar surface area (TPSA) is 0 Å². The highest BCUT2D eigenvalue weighted by atomic mass is 14.4. The normalized spacial score (nSPS) is 20.8. The van der Waals surface area contributed by atoms with Crippen molar-refractivity contribution in [3.63, 3.8) is 0 Å². The van der Waals surface area contributed by atoms with E-state index in [1.54, 1.807) is 11.1 Å². The maximum absolute atomic E-state index is 2.52. The number of benzene rings is 3. The van der Waals surface area contributed by atoms with E-state index in [-0.39, 0.29) is 0 Å². The number of hydrogen-bond acceptors (Lipinski definition) is 0. The van der Waals surface area contributed by atoms with Crippen molar-refractivity contribution < 1.29 is 0 Å². The molecule has 0 saturated carbocycles. The summed E-state index contributed by atoms with van der Waals surface area (Å²) in [6.45, 7) is 9.69. The van der Waals surface area contributed by atoms with Crippen molar-refractivity contribution in [3.05, 3.63) is 59.7 Å². The van der Waals surface area contributed by atoms with Crippen LogP contribution in [0.1, 0.15) is 64.5 Å². The third-order valence-electron chi connectivity index (χ3n) is 7.05. The molecule has 0 nitrogen and oxygen atoms in total. The van der Waals surface area contributed by atoms with E-state index in [9.17, 15) is 0 Å². The standard InChI is InChI=1S/C26H32/c1-18(2)8-7-9-19(3)26(4)17-16-24-23-13-12-20-10-5-6-11-21(20)22(23)14-15-25(24)26/h5-6,10-15,18-19H,7-9,16-17H2,1-4H3. The highest BCUT2D eigenvalue weighted by Gasteiger charge is 2.39. The van der Waals surface area contributed by atoms with Gasteiger partial charge in [-0.15, -0.1) is 0 Å². The largest absolute Gasteiger partial charge is 0.0628 e. The fourth-order valence-corrected chi connectivity index (χ4v) is 5.14. The molecule has 1 aliphatic carbocycles. The molecule has 26 heavy (non-hydrogen) atoms. The van der Waals surface area contributed by atoms with Gasteiger partial charge in [-0.1, -0.05) is 89.1 Å². The summed E-state index contributed by atoms with van der Waals surface area (Å²) in [5.74, 6) is 1.57. The third kappa shape index (κ3) is 2.84. The number of aryl methyl sites for hydroxylation is 1. The molecule has 0 amide bonds. The fraction of sp³-hybridized carbons (Fsp3) is 0.462. The molecule has 2 unspecified atom stereocenters. The predicted octanol–water partition coefficient (Wildman–Crippen LogP) is 7.66. The summed E-state index contributed by atoms with van der Waals surface area (Å²) < 4.78 is 0. The van der Waals surface area contributed by atoms with Gasteiger partial charge in [0.05, 0.1) is 0 Å². The van der Waals surface area contributed by atoms with Crippen molar-refractivity contribution in [3.8, 4) is 0 Å². The Kier molecular flexibility index (Phi) is 4.55. The Balaban J connectivity index is 1.73. The van der Waals surface area contributed by atoms with Crippen LogP contribution in [0.4, 0.5) is 0 Å². The zero-order valence-electron chi connectivity index (χ0n) is 16.8. The van der Waals surface area contributed by atoms with Crippen LogP contribution in [0.25, 0.3) is 21.5 Å². The first-order valence-corrected chi connectivity index (χ1v) is 10.4. The molecule has 0 N–H and O–H groups in total. The Hall–Kier alpha value is -1.82. The van der Waals surface area contributed by atoms with Crippen LogP contribution in [0, 0.1) is 11.8 Å². The van der Waals surface area contributed by atoms with Crippen LogP contribution in [-0.4, -0.2) is 0 Å². The summed E-state index contributed by atoms with van der Waals surface area (Å²) in [7, 11) is 0. The molecule has 136 valence electrons. The molecule has 0 spiro atoms. The number of rotatable bonds is 5. The highest BCUT2D eigenvalue weighted by molar-refractivity contribution is 6.08. The first-order valence-electron chi connectivity index (χ1n) is 10.4. The smallest absolute Gasteiger partial charge is 0.00435 e. The molecule has 0 heteroatoms. The van der Waals surface area contributed by atoms with E-state index in [0.29, 0.717) is 5.41 Å². The van der Waals surface area contributed by atoms with E-state index in [4.69, 9.17) is 0 Å². The van der Waals surface area contributed by atoms with E-state index < -0.39 is 0 Å². The molecular weight excluding hydrogens is 312 g/mol. The number of fused-ring (bicyclic) bond motifs is 5. The van der Waals surface area contributed by atoms with E-state index in [2.05, 4.69) is 76.2 Å². The van der Waals surface area contributed by atoms with E-state index in [0.717, 1.165) is 11.8 Å². The summed E-state index contributed by atoms with van der Waals surface area (Å²) in [4.78, 5) is 0. The first kappa shape index (κ1) is 17.6. The maximum atomic E-state index is 2.52. The molecule has 0 radical (unpaired) electrons. The van der Waals surface area contributed by atoms with Crippen LogP contribution in [0.15, 0.2) is 48.5 Å². The van der Waals surface area contributed by atoms with Gasteiger partial charge >= 0.3 is 0 Å². The minimum Gasteiger partial charge on any atom is -0.0628 e. The van der Waals surface area contributed by atoms with Crippen molar-refractivity contribution >= 4 is 21.5 Å². The molecule has 3 aromatic rings. The highest BCUT2D eigenvalue weighted by Crippen LogP contribution is 2.48. The Bertz CT molecular complexity index is 933. The van der Waals surface area contributed by atoms with Crippen LogP contribution in [0.2, 0.25) is 0 Å². The Morgan fingerprint density at radius 2 is 1.62 bits per heavy atom. The maximum Gasteiger partial charge on any atom is -0.00435 e. The van der Waals surface area contributed by atoms with E-state index >= 15 is 0 Å². The quantitative estimate of drug-likeness (QED) is 0.417. The first-order chi connectivity index (χ1) is 12.5. The summed E-state index contributed by atoms with van der Waals surface area (Å²) in [6.07, 6.45) is 6.61. The molecule has 3 aromatic carbocycles. The molecule has 0 heterocycles. The molecule has 1 aliphatic rings. The van der Waals surface area contributed by atoms with Crippen LogP contribution >= 0.6 is 0 Å². The fourth-order valence-electron chi connectivity index (χ4n) is 5.14. The summed E-state index contributed by atoms with van der Waals surface area (Å²) >= 11 is 0. The SMILES string of the molecule is CC(C)CCCC(C)C1(C)CCc2c1ccc1c2ccc2ccccc21. The molecule has 2 atom stereocenters. The molecule has 0 aromatic heterocycles. The molecule has 0 bridgehead atoms. The summed E-state index contributed by atoms with van der Waals surface area (Å²) in [6, 6.07) is 18.3. The van der Waals surface area contributed by atoms with Crippen LogP contribution in [-0.2, 0) is 11.8 Å². The zero-order chi connectivity index (χ0) is 18.3. The lowest BCUT2D eigenvalue weighted by molar-refractivity contribution is 0.283. The molecule has 0 aliphatic heterocycles. The lowest BCUT2D eigenvalue weighted by Gasteiger charge is -2.33. The Morgan fingerprint density at radius 3 is 2.42 bits per heavy atom. The summed E-state index contributed by atoms with van der Waals surface area (Å²) in [5, 5.41) is 5.66. The van der Waals surface area contributed by atoms with Gasteiger partial charge < -0.3 is 0 Å². The summed E-state index contributed by atoms with van der Waals surface area (Å²) in [5.41, 5.74) is 3.58. The average Bonchev–Trinajstić information content (AvgIpc) is 2.99. The minimum atomic E-state index is 0.339. The van der Waals surface area contributed by atoms with Gasteiger partial charge in [0.25, 0.3) is 0 Å². The van der Waals surface area contributed by atoms with E-state index in [1.807, 2.05) is 0 Å². The van der Waals surface area contributed by atoms with Crippen LogP contribution < -0.4 is 0 Å². The lowest BCUT2D eigenvalue weighted by Crippen LogP contribution is -2.27. The van der Waals surface area contributed by atoms with Gasteiger partial charge in [0.1, 0.15) is 0 Å². The molecule has 0 saturated heterocycles. The second-order valence-electron chi connectivity index (χ2n) is 9.12. The Labute approximate surface area is 158 Å². The zero-order valence-corrected chi connectivity index (χ0v) is 16.8. The van der Waals surface area contributed by atoms with Gasteiger partial charge in [-0.3, -0.25) is 0 Å². The Morgan fingerprint density at radius 1 is 0.846 bits per heavy atom. The van der Waals surface area contributed by atoms with Crippen molar-refractivity contribution in [2.24, 2.45) is 11.8 Å². The predicted molar refractivity (Wildman–Crippen MR) is 115 cm³/mol. The monoisotopic (exact) mass is 344 g/mol. The lowest BCUT2D eigenvalue weighted by atomic mass is 9.71. The molecular formula is C26H32. The van der Waals surface area contributed by atoms with E-state index in [1.165, 1.54) is 53.6 Å². The van der Waals surface area contributed by atoms with Crippen LogP contribution in [0.3, 0.4) is 0 Å². The van der Waals surface area contributed by atoms with Gasteiger partial charge in [0.15, 0.2) is 0 Å². The van der Waals surface area contributed by atoms with Crippen LogP contribution in [0.5, 0.6) is 0 Å². The second kappa shape index (κ2) is 6.72. The van der Waals surface area contributed by atoms with Gasteiger partial charge in [-0.05, 0) is 69.2 Å². The average molecular weight is 345 g/mol. The van der Waals surface area contributed by atoms with Gasteiger partial charge in [-0.25, -0.2) is 0 Å². The van der Waals surface area contributed by atoms with Gasteiger partial charge in [-0.2, -0.15) is 0 Å². The number of hydrogen-bond donors (Lipinski definition) is 0.